The molecule has 19 heavy (non-hydrogen) atoms. The van der Waals surface area contributed by atoms with Crippen LogP contribution in [0.2, 0.25) is 0 Å². The number of aldehydes is 1. The molecule has 0 bridgehead atoms. The van der Waals surface area contributed by atoms with E-state index in [1.54, 1.807) is 20.3 Å². The van der Waals surface area contributed by atoms with Crippen LogP contribution in [0.25, 0.3) is 11.1 Å². The van der Waals surface area contributed by atoms with Crippen LogP contribution in [0.1, 0.15) is 15.9 Å². The highest BCUT2D eigenvalue weighted by Gasteiger charge is 2.14. The van der Waals surface area contributed by atoms with Crippen molar-refractivity contribution in [1.29, 1.82) is 0 Å². The highest BCUT2D eigenvalue weighted by molar-refractivity contribution is 5.84. The Morgan fingerprint density at radius 2 is 1.84 bits per heavy atom. The van der Waals surface area contributed by atoms with Gasteiger partial charge in [-0.25, -0.2) is 0 Å². The fourth-order valence-electron chi connectivity index (χ4n) is 2.08. The Morgan fingerprint density at radius 1 is 1.05 bits per heavy atom. The third kappa shape index (κ3) is 2.60. The van der Waals surface area contributed by atoms with Gasteiger partial charge in [0, 0.05) is 11.1 Å². The van der Waals surface area contributed by atoms with Crippen molar-refractivity contribution in [1.82, 2.24) is 0 Å². The van der Waals surface area contributed by atoms with Crippen LogP contribution in [-0.2, 0) is 0 Å². The Bertz CT molecular complexity index is 603. The molecule has 0 saturated heterocycles. The summed E-state index contributed by atoms with van der Waals surface area (Å²) in [6.07, 6.45) is 0.807. The summed E-state index contributed by atoms with van der Waals surface area (Å²) in [6, 6.07) is 11.5. The summed E-state index contributed by atoms with van der Waals surface area (Å²) in [5.74, 6) is 1.20. The number of carbonyl (C=O) groups is 1. The van der Waals surface area contributed by atoms with E-state index in [-0.39, 0.29) is 0 Å². The lowest BCUT2D eigenvalue weighted by atomic mass is 10.00. The Morgan fingerprint density at radius 3 is 2.42 bits per heavy atom. The molecule has 0 radical (unpaired) electrons. The van der Waals surface area contributed by atoms with E-state index in [2.05, 4.69) is 0 Å². The number of ether oxygens (including phenoxy) is 2. The van der Waals surface area contributed by atoms with E-state index in [1.807, 2.05) is 37.3 Å². The van der Waals surface area contributed by atoms with E-state index in [0.717, 1.165) is 23.0 Å². The van der Waals surface area contributed by atoms with Gasteiger partial charge in [0.1, 0.15) is 6.29 Å². The Hall–Kier alpha value is -2.29. The van der Waals surface area contributed by atoms with Crippen LogP contribution in [-0.4, -0.2) is 20.5 Å². The lowest BCUT2D eigenvalue weighted by Gasteiger charge is -2.14. The van der Waals surface area contributed by atoms with Crippen molar-refractivity contribution in [2.24, 2.45) is 0 Å². The number of rotatable bonds is 4. The van der Waals surface area contributed by atoms with Crippen LogP contribution >= 0.6 is 0 Å². The molecule has 0 unspecified atom stereocenters. The lowest BCUT2D eigenvalue weighted by Crippen LogP contribution is -1.96. The summed E-state index contributed by atoms with van der Waals surface area (Å²) in [6.45, 7) is 2.02. The Labute approximate surface area is 112 Å². The molecule has 0 aliphatic heterocycles. The Kier molecular flexibility index (Phi) is 3.85. The topological polar surface area (TPSA) is 35.5 Å². The van der Waals surface area contributed by atoms with Gasteiger partial charge in [-0.3, -0.25) is 4.79 Å². The van der Waals surface area contributed by atoms with Gasteiger partial charge in [0.05, 0.1) is 14.2 Å². The van der Waals surface area contributed by atoms with E-state index >= 15 is 0 Å². The van der Waals surface area contributed by atoms with Crippen LogP contribution < -0.4 is 9.47 Å². The monoisotopic (exact) mass is 256 g/mol. The molecule has 0 saturated carbocycles. The molecule has 98 valence electrons. The normalized spacial score (nSPS) is 10.1. The van der Waals surface area contributed by atoms with Crippen molar-refractivity contribution >= 4 is 6.29 Å². The molecule has 0 spiro atoms. The molecule has 3 nitrogen and oxygen atoms in total. The van der Waals surface area contributed by atoms with Crippen molar-refractivity contribution in [2.45, 2.75) is 6.92 Å². The summed E-state index contributed by atoms with van der Waals surface area (Å²) in [5, 5.41) is 0. The highest BCUT2D eigenvalue weighted by atomic mass is 16.5. The van der Waals surface area contributed by atoms with Gasteiger partial charge in [-0.15, -0.1) is 0 Å². The van der Waals surface area contributed by atoms with Gasteiger partial charge in [0.15, 0.2) is 11.5 Å². The fourth-order valence-corrected chi connectivity index (χ4v) is 2.08. The van der Waals surface area contributed by atoms with Gasteiger partial charge < -0.3 is 9.47 Å². The van der Waals surface area contributed by atoms with E-state index < -0.39 is 0 Å². The minimum absolute atomic E-state index is 0.559. The standard InChI is InChI=1S/C16H16O3/c1-11-5-4-6-13(7-11)14-8-12(10-17)9-15(18-2)16(14)19-3/h4-10H,1-3H3. The van der Waals surface area contributed by atoms with Crippen molar-refractivity contribution in [3.05, 3.63) is 47.5 Å². The second-order valence-corrected chi connectivity index (χ2v) is 4.29. The molecule has 0 aliphatic carbocycles. The average Bonchev–Trinajstić information content (AvgIpc) is 2.45. The summed E-state index contributed by atoms with van der Waals surface area (Å²) in [5.41, 5.74) is 3.57. The molecule has 0 heterocycles. The second kappa shape index (κ2) is 5.57. The summed E-state index contributed by atoms with van der Waals surface area (Å²) in [4.78, 5) is 11.0. The lowest BCUT2D eigenvalue weighted by molar-refractivity contribution is 0.112. The minimum Gasteiger partial charge on any atom is -0.493 e. The van der Waals surface area contributed by atoms with Crippen molar-refractivity contribution in [2.75, 3.05) is 14.2 Å². The van der Waals surface area contributed by atoms with Crippen molar-refractivity contribution in [3.8, 4) is 22.6 Å². The highest BCUT2D eigenvalue weighted by Crippen LogP contribution is 2.39. The maximum Gasteiger partial charge on any atom is 0.168 e. The second-order valence-electron chi connectivity index (χ2n) is 4.29. The molecule has 2 aromatic carbocycles. The number of carbonyl (C=O) groups excluding carboxylic acids is 1. The molecular formula is C16H16O3. The SMILES string of the molecule is COc1cc(C=O)cc(-c2cccc(C)c2)c1OC. The largest absolute Gasteiger partial charge is 0.493 e. The summed E-state index contributed by atoms with van der Waals surface area (Å²) >= 11 is 0. The van der Waals surface area contributed by atoms with Gasteiger partial charge in [-0.1, -0.05) is 29.8 Å². The molecule has 0 N–H and O–H groups in total. The van der Waals surface area contributed by atoms with Gasteiger partial charge in [0.2, 0.25) is 0 Å². The van der Waals surface area contributed by atoms with E-state index in [0.29, 0.717) is 17.1 Å². The molecule has 2 rings (SSSR count). The quantitative estimate of drug-likeness (QED) is 0.785. The van der Waals surface area contributed by atoms with Crippen LogP contribution in [0, 0.1) is 6.92 Å². The molecule has 0 aromatic heterocycles. The first-order chi connectivity index (χ1) is 9.19. The molecule has 0 amide bonds. The van der Waals surface area contributed by atoms with Gasteiger partial charge >= 0.3 is 0 Å². The number of benzene rings is 2. The van der Waals surface area contributed by atoms with Crippen LogP contribution in [0.3, 0.4) is 0 Å². The van der Waals surface area contributed by atoms with Crippen LogP contribution in [0.15, 0.2) is 36.4 Å². The molecular weight excluding hydrogens is 240 g/mol. The van der Waals surface area contributed by atoms with Gasteiger partial charge in [-0.05, 0) is 24.6 Å². The van der Waals surface area contributed by atoms with E-state index in [9.17, 15) is 4.79 Å². The van der Waals surface area contributed by atoms with Gasteiger partial charge in [-0.2, -0.15) is 0 Å². The van der Waals surface area contributed by atoms with E-state index in [1.165, 1.54) is 0 Å². The molecule has 3 heteroatoms. The zero-order chi connectivity index (χ0) is 13.8. The summed E-state index contributed by atoms with van der Waals surface area (Å²) < 4.78 is 10.7. The van der Waals surface area contributed by atoms with Crippen molar-refractivity contribution in [3.63, 3.8) is 0 Å². The number of aryl methyl sites for hydroxylation is 1. The Balaban J connectivity index is 2.69. The predicted molar refractivity (Wildman–Crippen MR) is 75.1 cm³/mol. The van der Waals surface area contributed by atoms with Crippen molar-refractivity contribution < 1.29 is 14.3 Å². The van der Waals surface area contributed by atoms with Crippen LogP contribution in [0.5, 0.6) is 11.5 Å². The smallest absolute Gasteiger partial charge is 0.168 e. The first-order valence-corrected chi connectivity index (χ1v) is 5.98. The number of methoxy groups -OCH3 is 2. The molecule has 0 aliphatic rings. The first kappa shape index (κ1) is 13.1. The maximum atomic E-state index is 11.0. The molecule has 2 aromatic rings. The number of hydrogen-bond donors (Lipinski definition) is 0. The predicted octanol–water partition coefficient (Wildman–Crippen LogP) is 3.49. The maximum absolute atomic E-state index is 11.0. The molecule has 0 fully saturated rings. The average molecular weight is 256 g/mol. The van der Waals surface area contributed by atoms with Gasteiger partial charge in [0.25, 0.3) is 0 Å². The third-order valence-corrected chi connectivity index (χ3v) is 2.97. The first-order valence-electron chi connectivity index (χ1n) is 5.98. The zero-order valence-corrected chi connectivity index (χ0v) is 11.3. The zero-order valence-electron chi connectivity index (χ0n) is 11.3. The van der Waals surface area contributed by atoms with E-state index in [4.69, 9.17) is 9.47 Å². The fraction of sp³-hybridized carbons (Fsp3) is 0.188. The summed E-state index contributed by atoms with van der Waals surface area (Å²) in [7, 11) is 3.16. The third-order valence-electron chi connectivity index (χ3n) is 2.97. The number of hydrogen-bond acceptors (Lipinski definition) is 3. The molecule has 0 atom stereocenters. The minimum atomic E-state index is 0.559. The van der Waals surface area contributed by atoms with Crippen LogP contribution in [0.4, 0.5) is 0 Å².